The van der Waals surface area contributed by atoms with Crippen molar-refractivity contribution in [1.82, 2.24) is 10.6 Å². The fourth-order valence-corrected chi connectivity index (χ4v) is 1.23. The number of amides is 3. The molecular formula is C7H12N2O7. The molecule has 0 aromatic rings. The molecule has 1 aliphatic rings. The van der Waals surface area contributed by atoms with Crippen LogP contribution in [0, 0.1) is 0 Å². The van der Waals surface area contributed by atoms with E-state index in [0.29, 0.717) is 0 Å². The first-order valence-corrected chi connectivity index (χ1v) is 4.34. The number of hydrogen-bond donors (Lipinski definition) is 7. The minimum absolute atomic E-state index is 0.885. The van der Waals surface area contributed by atoms with Crippen LogP contribution in [-0.2, 0) is 4.79 Å². The summed E-state index contributed by atoms with van der Waals surface area (Å²) < 4.78 is 0. The monoisotopic (exact) mass is 236 g/mol. The van der Waals surface area contributed by atoms with E-state index in [4.69, 9.17) is 10.2 Å². The first kappa shape index (κ1) is 12.8. The van der Waals surface area contributed by atoms with Crippen LogP contribution in [0.1, 0.15) is 0 Å². The Bertz CT molecular complexity index is 309. The molecule has 0 unspecified atom stereocenters. The van der Waals surface area contributed by atoms with Crippen LogP contribution >= 0.6 is 0 Å². The molecule has 7 N–H and O–H groups in total. The van der Waals surface area contributed by atoms with Crippen molar-refractivity contribution in [3.05, 3.63) is 0 Å². The van der Waals surface area contributed by atoms with Crippen LogP contribution in [0.2, 0.25) is 0 Å². The van der Waals surface area contributed by atoms with E-state index in [1.165, 1.54) is 0 Å². The minimum atomic E-state index is -2.73. The van der Waals surface area contributed by atoms with E-state index in [9.17, 15) is 24.9 Å². The molecule has 0 radical (unpaired) electrons. The Morgan fingerprint density at radius 2 is 1.81 bits per heavy atom. The Hall–Kier alpha value is -1.26. The normalized spacial score (nSPS) is 30.6. The molecule has 0 aromatic heterocycles. The van der Waals surface area contributed by atoms with E-state index in [2.05, 4.69) is 0 Å². The number of carbonyl (C=O) groups is 2. The number of rotatable bonds is 4. The van der Waals surface area contributed by atoms with Crippen LogP contribution in [0.4, 0.5) is 4.79 Å². The second-order valence-electron chi connectivity index (χ2n) is 3.36. The molecule has 1 saturated heterocycles. The highest BCUT2D eigenvalue weighted by atomic mass is 16.4. The van der Waals surface area contributed by atoms with Crippen molar-refractivity contribution in [2.24, 2.45) is 0 Å². The fraction of sp³-hybridized carbons (Fsp3) is 0.714. The Balaban J connectivity index is 2.83. The molecule has 3 amide bonds. The molecule has 0 spiro atoms. The Morgan fingerprint density at radius 3 is 2.19 bits per heavy atom. The second kappa shape index (κ2) is 4.31. The molecule has 4 atom stereocenters. The number of imide groups is 1. The van der Waals surface area contributed by atoms with Gasteiger partial charge in [0.15, 0.2) is 0 Å². The van der Waals surface area contributed by atoms with E-state index in [-0.39, 0.29) is 0 Å². The summed E-state index contributed by atoms with van der Waals surface area (Å²) in [6.45, 7) is -0.885. The Labute approximate surface area is 89.3 Å². The highest BCUT2D eigenvalue weighted by Gasteiger charge is 2.54. The number of urea groups is 1. The van der Waals surface area contributed by atoms with Crippen molar-refractivity contribution in [2.75, 3.05) is 6.61 Å². The molecule has 0 saturated carbocycles. The van der Waals surface area contributed by atoms with Gasteiger partial charge in [-0.25, -0.2) is 4.79 Å². The summed E-state index contributed by atoms with van der Waals surface area (Å²) in [5.41, 5.74) is -2.73. The lowest BCUT2D eigenvalue weighted by Crippen LogP contribution is -2.62. The predicted molar refractivity (Wildman–Crippen MR) is 46.7 cm³/mol. The van der Waals surface area contributed by atoms with E-state index < -0.39 is 42.6 Å². The summed E-state index contributed by atoms with van der Waals surface area (Å²) in [6.07, 6.45) is -5.94. The lowest BCUT2D eigenvalue weighted by Gasteiger charge is -2.30. The summed E-state index contributed by atoms with van der Waals surface area (Å²) in [5, 5.41) is 49.1. The molecule has 1 aliphatic heterocycles. The molecule has 9 heteroatoms. The average molecular weight is 236 g/mol. The first-order valence-electron chi connectivity index (χ1n) is 4.34. The number of nitrogens with one attached hydrogen (secondary N) is 2. The van der Waals surface area contributed by atoms with Crippen LogP contribution in [-0.4, -0.2) is 68.1 Å². The maximum atomic E-state index is 11.1. The number of aliphatic hydroxyl groups is 5. The molecule has 0 aliphatic carbocycles. The van der Waals surface area contributed by atoms with Crippen LogP contribution in [0.15, 0.2) is 0 Å². The zero-order valence-electron chi connectivity index (χ0n) is 7.99. The largest absolute Gasteiger partial charge is 0.394 e. The van der Waals surface area contributed by atoms with Gasteiger partial charge in [-0.3, -0.25) is 15.4 Å². The van der Waals surface area contributed by atoms with Crippen molar-refractivity contribution >= 4 is 11.9 Å². The van der Waals surface area contributed by atoms with Gasteiger partial charge in [-0.1, -0.05) is 0 Å². The Kier molecular flexibility index (Phi) is 3.45. The summed E-state index contributed by atoms with van der Waals surface area (Å²) in [4.78, 5) is 21.8. The predicted octanol–water partition coefficient (Wildman–Crippen LogP) is -4.41. The van der Waals surface area contributed by atoms with Crippen LogP contribution < -0.4 is 10.6 Å². The zero-order valence-corrected chi connectivity index (χ0v) is 7.99. The number of carbonyl (C=O) groups excluding carboxylic acids is 2. The maximum Gasteiger partial charge on any atom is 0.324 e. The summed E-state index contributed by atoms with van der Waals surface area (Å²) in [7, 11) is 0. The average Bonchev–Trinajstić information content (AvgIpc) is 2.50. The van der Waals surface area contributed by atoms with Crippen LogP contribution in [0.25, 0.3) is 0 Å². The fourth-order valence-electron chi connectivity index (χ4n) is 1.23. The molecule has 1 heterocycles. The standard InChI is InChI=1S/C7H12N2O7/c10-1-2(11)3(12)4(13)7(16)5(14)8-6(15)9-7/h2-4,10-13,16H,1H2,(H2,8,9,14,15)/t2-,3-,4-,7-/m1/s1. The minimum Gasteiger partial charge on any atom is -0.394 e. The second-order valence-corrected chi connectivity index (χ2v) is 3.36. The third-order valence-corrected chi connectivity index (χ3v) is 2.21. The van der Waals surface area contributed by atoms with E-state index in [0.717, 1.165) is 0 Å². The van der Waals surface area contributed by atoms with Crippen molar-refractivity contribution in [3.8, 4) is 0 Å². The highest BCUT2D eigenvalue weighted by Crippen LogP contribution is 2.17. The molecule has 0 bridgehead atoms. The maximum absolute atomic E-state index is 11.1. The smallest absolute Gasteiger partial charge is 0.324 e. The lowest BCUT2D eigenvalue weighted by atomic mass is 9.98. The van der Waals surface area contributed by atoms with Crippen molar-refractivity contribution in [3.63, 3.8) is 0 Å². The summed E-state index contributed by atoms with van der Waals surface area (Å²) in [6, 6.07) is -1.04. The molecule has 0 aromatic carbocycles. The van der Waals surface area contributed by atoms with Gasteiger partial charge in [-0.05, 0) is 0 Å². The molecule has 1 rings (SSSR count). The van der Waals surface area contributed by atoms with E-state index in [1.54, 1.807) is 10.6 Å². The molecule has 1 fully saturated rings. The SMILES string of the molecule is O=C1NC(=O)[C@](O)([C@H](O)[C@H](O)[C@H](O)CO)N1. The molecule has 9 nitrogen and oxygen atoms in total. The van der Waals surface area contributed by atoms with Crippen LogP contribution in [0.3, 0.4) is 0 Å². The quantitative estimate of drug-likeness (QED) is 0.242. The van der Waals surface area contributed by atoms with Crippen molar-refractivity contribution in [2.45, 2.75) is 24.0 Å². The molecule has 16 heavy (non-hydrogen) atoms. The van der Waals surface area contributed by atoms with Gasteiger partial charge in [0, 0.05) is 0 Å². The van der Waals surface area contributed by atoms with Gasteiger partial charge in [-0.2, -0.15) is 0 Å². The van der Waals surface area contributed by atoms with Gasteiger partial charge in [0.05, 0.1) is 6.61 Å². The highest BCUT2D eigenvalue weighted by molar-refractivity contribution is 6.06. The van der Waals surface area contributed by atoms with Gasteiger partial charge >= 0.3 is 6.03 Å². The zero-order chi connectivity index (χ0) is 12.5. The molecule has 92 valence electrons. The van der Waals surface area contributed by atoms with E-state index >= 15 is 0 Å². The van der Waals surface area contributed by atoms with Crippen molar-refractivity contribution in [1.29, 1.82) is 0 Å². The van der Waals surface area contributed by atoms with E-state index in [1.807, 2.05) is 0 Å². The third-order valence-electron chi connectivity index (χ3n) is 2.21. The molecular weight excluding hydrogens is 224 g/mol. The Morgan fingerprint density at radius 1 is 1.25 bits per heavy atom. The summed E-state index contributed by atoms with van der Waals surface area (Å²) >= 11 is 0. The lowest BCUT2D eigenvalue weighted by molar-refractivity contribution is -0.175. The van der Waals surface area contributed by atoms with Gasteiger partial charge < -0.3 is 25.5 Å². The van der Waals surface area contributed by atoms with Gasteiger partial charge in [0.2, 0.25) is 5.72 Å². The van der Waals surface area contributed by atoms with Gasteiger partial charge in [-0.15, -0.1) is 0 Å². The first-order chi connectivity index (χ1) is 7.32. The van der Waals surface area contributed by atoms with Gasteiger partial charge in [0.25, 0.3) is 5.91 Å². The van der Waals surface area contributed by atoms with Crippen molar-refractivity contribution < 1.29 is 35.1 Å². The number of aliphatic hydroxyl groups excluding tert-OH is 4. The summed E-state index contributed by atoms with van der Waals surface area (Å²) in [5.74, 6) is -1.26. The van der Waals surface area contributed by atoms with Gasteiger partial charge in [0.1, 0.15) is 18.3 Å². The third kappa shape index (κ3) is 1.99. The van der Waals surface area contributed by atoms with Crippen LogP contribution in [0.5, 0.6) is 0 Å². The number of hydrogen-bond acceptors (Lipinski definition) is 7. The topological polar surface area (TPSA) is 159 Å².